The zero-order valence-electron chi connectivity index (χ0n) is 10.3. The van der Waals surface area contributed by atoms with E-state index in [4.69, 9.17) is 5.11 Å². The molecule has 1 saturated heterocycles. The van der Waals surface area contributed by atoms with Crippen LogP contribution in [0.4, 0.5) is 4.79 Å². The number of carboxylic acids is 1. The fourth-order valence-corrected chi connectivity index (χ4v) is 2.40. The first-order valence-electron chi connectivity index (χ1n) is 6.00. The fraction of sp³-hybridized carbons (Fsp3) is 0.500. The summed E-state index contributed by atoms with van der Waals surface area (Å²) in [5, 5.41) is 11.7. The first kappa shape index (κ1) is 12.5. The average Bonchev–Trinajstić information content (AvgIpc) is 2.87. The molecule has 0 unspecified atom stereocenters. The third-order valence-corrected chi connectivity index (χ3v) is 3.36. The molecule has 2 rings (SSSR count). The first-order chi connectivity index (χ1) is 8.63. The van der Waals surface area contributed by atoms with Crippen molar-refractivity contribution < 1.29 is 14.7 Å². The van der Waals surface area contributed by atoms with Crippen LogP contribution in [-0.4, -0.2) is 46.7 Å². The van der Waals surface area contributed by atoms with E-state index in [1.807, 2.05) is 0 Å². The minimum absolute atomic E-state index is 0.0700. The Labute approximate surface area is 105 Å². The molecule has 1 fully saturated rings. The normalized spacial score (nSPS) is 16.6. The molecule has 0 radical (unpaired) electrons. The summed E-state index contributed by atoms with van der Waals surface area (Å²) in [6, 6.07) is 3.44. The van der Waals surface area contributed by atoms with Gasteiger partial charge in [-0.2, -0.15) is 0 Å². The topological polar surface area (TPSA) is 74.6 Å². The maximum atomic E-state index is 11.4. The van der Waals surface area contributed by atoms with Gasteiger partial charge in [0.2, 0.25) is 0 Å². The van der Waals surface area contributed by atoms with Gasteiger partial charge >= 0.3 is 12.0 Å². The number of carbonyl (C=O) groups excluding carboxylic acids is 1. The van der Waals surface area contributed by atoms with Crippen LogP contribution in [0.5, 0.6) is 0 Å². The molecule has 2 amide bonds. The molecule has 0 aromatic carbocycles. The second-order valence-electron chi connectivity index (χ2n) is 4.38. The number of rotatable bonds is 2. The van der Waals surface area contributed by atoms with E-state index in [0.717, 1.165) is 12.8 Å². The first-order valence-corrected chi connectivity index (χ1v) is 6.00. The number of carboxylic acid groups (broad SMARTS) is 1. The van der Waals surface area contributed by atoms with E-state index >= 15 is 0 Å². The highest BCUT2D eigenvalue weighted by molar-refractivity contribution is 5.85. The van der Waals surface area contributed by atoms with Gasteiger partial charge in [-0.3, -0.25) is 0 Å². The monoisotopic (exact) mass is 251 g/mol. The van der Waals surface area contributed by atoms with Crippen molar-refractivity contribution in [3.8, 4) is 0 Å². The molecule has 1 aliphatic rings. The van der Waals surface area contributed by atoms with E-state index in [9.17, 15) is 9.59 Å². The zero-order chi connectivity index (χ0) is 13.1. The number of piperidine rings is 1. The summed E-state index contributed by atoms with van der Waals surface area (Å²) in [6.07, 6.45) is 3.36. The van der Waals surface area contributed by atoms with Crippen LogP contribution in [0.3, 0.4) is 0 Å². The summed E-state index contributed by atoms with van der Waals surface area (Å²) >= 11 is 0. The van der Waals surface area contributed by atoms with E-state index in [2.05, 4.69) is 5.32 Å². The van der Waals surface area contributed by atoms with E-state index < -0.39 is 5.97 Å². The van der Waals surface area contributed by atoms with Crippen molar-refractivity contribution in [2.45, 2.75) is 18.9 Å². The fourth-order valence-electron chi connectivity index (χ4n) is 2.40. The molecule has 0 atom stereocenters. The summed E-state index contributed by atoms with van der Waals surface area (Å²) in [4.78, 5) is 24.2. The molecule has 0 saturated carbocycles. The van der Waals surface area contributed by atoms with Gasteiger partial charge in [-0.25, -0.2) is 9.59 Å². The molecule has 98 valence electrons. The Morgan fingerprint density at radius 2 is 2.06 bits per heavy atom. The molecule has 0 aliphatic carbocycles. The van der Waals surface area contributed by atoms with Crippen molar-refractivity contribution in [1.82, 2.24) is 14.8 Å². The maximum Gasteiger partial charge on any atom is 0.352 e. The van der Waals surface area contributed by atoms with Crippen LogP contribution in [-0.2, 0) is 0 Å². The average molecular weight is 251 g/mol. The number of aromatic nitrogens is 1. The number of aromatic carboxylic acids is 1. The second kappa shape index (κ2) is 5.12. The van der Waals surface area contributed by atoms with E-state index in [-0.39, 0.29) is 12.1 Å². The number of nitrogens with one attached hydrogen (secondary N) is 1. The zero-order valence-corrected chi connectivity index (χ0v) is 10.3. The number of urea groups is 1. The summed E-state index contributed by atoms with van der Waals surface area (Å²) in [5.41, 5.74) is 0.313. The third-order valence-electron chi connectivity index (χ3n) is 3.36. The smallest absolute Gasteiger partial charge is 0.352 e. The van der Waals surface area contributed by atoms with Crippen LogP contribution >= 0.6 is 0 Å². The molecule has 1 aromatic heterocycles. The van der Waals surface area contributed by atoms with Crippen LogP contribution < -0.4 is 5.32 Å². The SMILES string of the molecule is CNC(=O)N1CCC(n2cccc2C(=O)O)CC1. The Morgan fingerprint density at radius 3 is 2.61 bits per heavy atom. The Kier molecular flexibility index (Phi) is 3.55. The largest absolute Gasteiger partial charge is 0.477 e. The maximum absolute atomic E-state index is 11.4. The highest BCUT2D eigenvalue weighted by Crippen LogP contribution is 2.24. The molecular weight excluding hydrogens is 234 g/mol. The molecule has 1 aliphatic heterocycles. The predicted molar refractivity (Wildman–Crippen MR) is 65.7 cm³/mol. The molecular formula is C12H17N3O3. The van der Waals surface area contributed by atoms with Crippen LogP contribution in [0.15, 0.2) is 18.3 Å². The number of nitrogens with zero attached hydrogens (tertiary/aromatic N) is 2. The number of hydrogen-bond acceptors (Lipinski definition) is 2. The Hall–Kier alpha value is -1.98. The lowest BCUT2D eigenvalue weighted by atomic mass is 10.0. The summed E-state index contributed by atoms with van der Waals surface area (Å²) in [7, 11) is 1.61. The van der Waals surface area contributed by atoms with Crippen molar-refractivity contribution in [2.75, 3.05) is 20.1 Å². The minimum Gasteiger partial charge on any atom is -0.477 e. The summed E-state index contributed by atoms with van der Waals surface area (Å²) < 4.78 is 1.80. The summed E-state index contributed by atoms with van der Waals surface area (Å²) in [5.74, 6) is -0.909. The number of amides is 2. The highest BCUT2D eigenvalue weighted by Gasteiger charge is 2.25. The molecule has 1 aromatic rings. The Morgan fingerprint density at radius 1 is 1.39 bits per heavy atom. The molecule has 6 nitrogen and oxygen atoms in total. The van der Waals surface area contributed by atoms with Gasteiger partial charge in [-0.1, -0.05) is 0 Å². The predicted octanol–water partition coefficient (Wildman–Crippen LogP) is 1.16. The Balaban J connectivity index is 2.03. The van der Waals surface area contributed by atoms with Gasteiger partial charge in [0.05, 0.1) is 0 Å². The molecule has 6 heteroatoms. The van der Waals surface area contributed by atoms with Crippen molar-refractivity contribution in [2.24, 2.45) is 0 Å². The van der Waals surface area contributed by atoms with Gasteiger partial charge in [0.25, 0.3) is 0 Å². The number of likely N-dealkylation sites (tertiary alicyclic amines) is 1. The van der Waals surface area contributed by atoms with Crippen molar-refractivity contribution in [3.63, 3.8) is 0 Å². The standard InChI is InChI=1S/C12H17N3O3/c1-13-12(18)14-7-4-9(5-8-14)15-6-2-3-10(15)11(16)17/h2-3,6,9H,4-5,7-8H2,1H3,(H,13,18)(H,16,17). The lowest BCUT2D eigenvalue weighted by Crippen LogP contribution is -2.43. The highest BCUT2D eigenvalue weighted by atomic mass is 16.4. The van der Waals surface area contributed by atoms with E-state index in [1.54, 1.807) is 34.8 Å². The number of hydrogen-bond donors (Lipinski definition) is 2. The minimum atomic E-state index is -0.909. The third kappa shape index (κ3) is 2.32. The number of carbonyl (C=O) groups is 2. The molecule has 2 heterocycles. The summed E-state index contributed by atoms with van der Waals surface area (Å²) in [6.45, 7) is 1.31. The molecule has 0 bridgehead atoms. The lowest BCUT2D eigenvalue weighted by molar-refractivity contribution is 0.0678. The van der Waals surface area contributed by atoms with Gasteiger partial charge in [0.1, 0.15) is 5.69 Å². The second-order valence-corrected chi connectivity index (χ2v) is 4.38. The van der Waals surface area contributed by atoms with E-state index in [1.165, 1.54) is 0 Å². The molecule has 2 N–H and O–H groups in total. The Bertz CT molecular complexity index is 447. The van der Waals surface area contributed by atoms with Gasteiger partial charge < -0.3 is 19.9 Å². The van der Waals surface area contributed by atoms with Crippen molar-refractivity contribution in [3.05, 3.63) is 24.0 Å². The molecule has 18 heavy (non-hydrogen) atoms. The molecule has 0 spiro atoms. The van der Waals surface area contributed by atoms with Gasteiger partial charge in [0.15, 0.2) is 0 Å². The van der Waals surface area contributed by atoms with Crippen LogP contribution in [0, 0.1) is 0 Å². The van der Waals surface area contributed by atoms with Gasteiger partial charge in [-0.15, -0.1) is 0 Å². The van der Waals surface area contributed by atoms with Crippen molar-refractivity contribution in [1.29, 1.82) is 0 Å². The van der Waals surface area contributed by atoms with Crippen LogP contribution in [0.25, 0.3) is 0 Å². The van der Waals surface area contributed by atoms with E-state index in [0.29, 0.717) is 18.8 Å². The van der Waals surface area contributed by atoms with Crippen molar-refractivity contribution >= 4 is 12.0 Å². The van der Waals surface area contributed by atoms with Crippen LogP contribution in [0.2, 0.25) is 0 Å². The van der Waals surface area contributed by atoms with Gasteiger partial charge in [0, 0.05) is 32.4 Å². The quantitative estimate of drug-likeness (QED) is 0.828. The van der Waals surface area contributed by atoms with Gasteiger partial charge in [-0.05, 0) is 25.0 Å². The lowest BCUT2D eigenvalue weighted by Gasteiger charge is -2.32. The van der Waals surface area contributed by atoms with Crippen LogP contribution in [0.1, 0.15) is 29.4 Å².